The summed E-state index contributed by atoms with van der Waals surface area (Å²) < 4.78 is 11.0. The Balaban J connectivity index is 2.49. The molecule has 0 saturated heterocycles. The third kappa shape index (κ3) is 1.68. The Bertz CT molecular complexity index is 759. The minimum Gasteiger partial charge on any atom is -0.464 e. The van der Waals surface area contributed by atoms with Crippen LogP contribution in [0.2, 0.25) is 0 Å². The summed E-state index contributed by atoms with van der Waals surface area (Å²) in [6, 6.07) is 5.46. The highest BCUT2D eigenvalue weighted by molar-refractivity contribution is 5.88. The zero-order chi connectivity index (χ0) is 14.5. The molecule has 3 rings (SSSR count). The van der Waals surface area contributed by atoms with Gasteiger partial charge in [0.25, 0.3) is 0 Å². The van der Waals surface area contributed by atoms with Gasteiger partial charge < -0.3 is 14.3 Å². The van der Waals surface area contributed by atoms with Gasteiger partial charge in [0, 0.05) is 11.8 Å². The van der Waals surface area contributed by atoms with Crippen LogP contribution in [0.25, 0.3) is 11.0 Å². The van der Waals surface area contributed by atoms with Crippen molar-refractivity contribution < 1.29 is 14.3 Å². The van der Waals surface area contributed by atoms with Crippen molar-refractivity contribution in [1.29, 1.82) is 0 Å². The number of hydrogen-bond acceptors (Lipinski definition) is 4. The van der Waals surface area contributed by atoms with Crippen LogP contribution in [0, 0.1) is 6.92 Å². The number of aliphatic hydroxyl groups excluding tert-OH is 1. The van der Waals surface area contributed by atoms with Crippen molar-refractivity contribution >= 4 is 11.0 Å². The smallest absolute Gasteiger partial charge is 0.344 e. The maximum absolute atomic E-state index is 12.3. The van der Waals surface area contributed by atoms with E-state index in [0.717, 1.165) is 10.9 Å². The molecule has 0 radical (unpaired) electrons. The summed E-state index contributed by atoms with van der Waals surface area (Å²) in [5, 5.41) is 10.7. The van der Waals surface area contributed by atoms with E-state index in [2.05, 4.69) is 6.58 Å². The fraction of sp³-hybridized carbons (Fsp3) is 0.312. The Labute approximate surface area is 116 Å². The summed E-state index contributed by atoms with van der Waals surface area (Å²) in [4.78, 5) is 12.3. The quantitative estimate of drug-likeness (QED) is 0.640. The molecule has 2 heterocycles. The number of hydrogen-bond donors (Lipinski definition) is 1. The van der Waals surface area contributed by atoms with Crippen LogP contribution < -0.4 is 10.4 Å². The molecule has 4 heteroatoms. The van der Waals surface area contributed by atoms with Gasteiger partial charge in [-0.3, -0.25) is 0 Å². The first kappa shape index (κ1) is 12.9. The van der Waals surface area contributed by atoms with Gasteiger partial charge in [0.15, 0.2) is 6.29 Å². The second-order valence-corrected chi connectivity index (χ2v) is 5.44. The molecule has 2 atom stereocenters. The van der Waals surface area contributed by atoms with Gasteiger partial charge >= 0.3 is 5.63 Å². The van der Waals surface area contributed by atoms with E-state index in [1.165, 1.54) is 0 Å². The van der Waals surface area contributed by atoms with Gasteiger partial charge in [-0.1, -0.05) is 25.1 Å². The fourth-order valence-electron chi connectivity index (χ4n) is 2.82. The third-order valence-electron chi connectivity index (χ3n) is 3.97. The van der Waals surface area contributed by atoms with Crippen molar-refractivity contribution in [3.8, 4) is 5.75 Å². The van der Waals surface area contributed by atoms with Crippen LogP contribution >= 0.6 is 0 Å². The molecule has 1 aromatic heterocycles. The molecule has 0 saturated carbocycles. The van der Waals surface area contributed by atoms with E-state index < -0.39 is 17.3 Å². The molecule has 20 heavy (non-hydrogen) atoms. The lowest BCUT2D eigenvalue weighted by molar-refractivity contribution is -0.0458. The van der Waals surface area contributed by atoms with Gasteiger partial charge in [0.05, 0.1) is 10.9 Å². The largest absolute Gasteiger partial charge is 0.464 e. The predicted octanol–water partition coefficient (Wildman–Crippen LogP) is 2.65. The van der Waals surface area contributed by atoms with Crippen molar-refractivity contribution in [1.82, 2.24) is 0 Å². The highest BCUT2D eigenvalue weighted by atomic mass is 16.6. The molecule has 0 bridgehead atoms. The first-order chi connectivity index (χ1) is 9.46. The summed E-state index contributed by atoms with van der Waals surface area (Å²) in [6.45, 7) is 7.55. The van der Waals surface area contributed by atoms with Crippen molar-refractivity contribution in [2.45, 2.75) is 32.0 Å². The highest BCUT2D eigenvalue weighted by Gasteiger charge is 2.39. The van der Waals surface area contributed by atoms with E-state index in [1.807, 2.05) is 26.0 Å². The first-order valence-electron chi connectivity index (χ1n) is 6.51. The van der Waals surface area contributed by atoms with Gasteiger partial charge in [-0.2, -0.15) is 0 Å². The molecule has 4 nitrogen and oxygen atoms in total. The monoisotopic (exact) mass is 272 g/mol. The second-order valence-electron chi connectivity index (χ2n) is 5.44. The molecular formula is C16H16O4. The molecule has 1 aromatic carbocycles. The molecule has 1 N–H and O–H groups in total. The summed E-state index contributed by atoms with van der Waals surface area (Å²) in [6.07, 6.45) is 0.986. The lowest BCUT2D eigenvalue weighted by Crippen LogP contribution is -2.38. The van der Waals surface area contributed by atoms with Crippen molar-refractivity contribution in [2.24, 2.45) is 0 Å². The second kappa shape index (κ2) is 4.21. The maximum Gasteiger partial charge on any atom is 0.344 e. The van der Waals surface area contributed by atoms with E-state index in [1.54, 1.807) is 12.1 Å². The summed E-state index contributed by atoms with van der Waals surface area (Å²) >= 11 is 0. The summed E-state index contributed by atoms with van der Waals surface area (Å²) in [5.41, 5.74) is 0.730. The number of benzene rings is 1. The van der Waals surface area contributed by atoms with Crippen LogP contribution in [0.5, 0.6) is 5.75 Å². The third-order valence-corrected chi connectivity index (χ3v) is 3.97. The number of ether oxygens (including phenoxy) is 1. The summed E-state index contributed by atoms with van der Waals surface area (Å²) in [7, 11) is 0. The Morgan fingerprint density at radius 3 is 2.95 bits per heavy atom. The Hall–Kier alpha value is -2.07. The summed E-state index contributed by atoms with van der Waals surface area (Å²) in [5.74, 6) is 0.413. The van der Waals surface area contributed by atoms with Crippen LogP contribution in [-0.2, 0) is 5.41 Å². The van der Waals surface area contributed by atoms with Crippen LogP contribution in [0.15, 0.2) is 40.1 Å². The maximum atomic E-state index is 12.3. The van der Waals surface area contributed by atoms with Crippen LogP contribution in [0.3, 0.4) is 0 Å². The molecule has 1 aliphatic rings. The zero-order valence-corrected chi connectivity index (χ0v) is 11.5. The Kier molecular flexibility index (Phi) is 2.73. The standard InChI is InChI=1S/C16H16O4/c1-4-16(3)8-11(17)20-14-12-9(2)6-5-7-10(12)19-15(18)13(14)16/h4-7,11,17H,1,8H2,2-3H3/t11?,16-/m1/s1. The average Bonchev–Trinajstić information content (AvgIpc) is 2.37. The highest BCUT2D eigenvalue weighted by Crippen LogP contribution is 2.43. The van der Waals surface area contributed by atoms with Gasteiger partial charge in [0.2, 0.25) is 0 Å². The predicted molar refractivity (Wildman–Crippen MR) is 76.0 cm³/mol. The van der Waals surface area contributed by atoms with E-state index in [4.69, 9.17) is 9.15 Å². The van der Waals surface area contributed by atoms with Crippen molar-refractivity contribution in [2.75, 3.05) is 0 Å². The Morgan fingerprint density at radius 2 is 2.25 bits per heavy atom. The number of allylic oxidation sites excluding steroid dienone is 1. The van der Waals surface area contributed by atoms with Gasteiger partial charge in [0.1, 0.15) is 11.3 Å². The minimum absolute atomic E-state index is 0.283. The van der Waals surface area contributed by atoms with Gasteiger partial charge in [-0.05, 0) is 18.6 Å². The lowest BCUT2D eigenvalue weighted by atomic mass is 9.77. The molecule has 2 aromatic rings. The molecule has 0 amide bonds. The van der Waals surface area contributed by atoms with Crippen LogP contribution in [0.1, 0.15) is 24.5 Å². The molecule has 104 valence electrons. The topological polar surface area (TPSA) is 59.7 Å². The normalized spacial score (nSPS) is 25.1. The van der Waals surface area contributed by atoms with Crippen LogP contribution in [-0.4, -0.2) is 11.4 Å². The molecule has 1 aliphatic heterocycles. The van der Waals surface area contributed by atoms with Crippen molar-refractivity contribution in [3.05, 3.63) is 52.4 Å². The van der Waals surface area contributed by atoms with E-state index >= 15 is 0 Å². The minimum atomic E-state index is -0.963. The molecule has 1 unspecified atom stereocenters. The van der Waals surface area contributed by atoms with Crippen LogP contribution in [0.4, 0.5) is 0 Å². The molecule has 0 spiro atoms. The fourth-order valence-corrected chi connectivity index (χ4v) is 2.82. The van der Waals surface area contributed by atoms with Gasteiger partial charge in [-0.15, -0.1) is 6.58 Å². The van der Waals surface area contributed by atoms with Crippen molar-refractivity contribution in [3.63, 3.8) is 0 Å². The number of aliphatic hydroxyl groups is 1. The van der Waals surface area contributed by atoms with Gasteiger partial charge in [-0.25, -0.2) is 4.79 Å². The SMILES string of the molecule is C=C[C@]1(C)CC(O)Oc2c1c(=O)oc1cccc(C)c21. The lowest BCUT2D eigenvalue weighted by Gasteiger charge is -2.35. The zero-order valence-electron chi connectivity index (χ0n) is 11.5. The number of rotatable bonds is 1. The number of aryl methyl sites for hydroxylation is 1. The van der Waals surface area contributed by atoms with E-state index in [9.17, 15) is 9.90 Å². The Morgan fingerprint density at radius 1 is 1.50 bits per heavy atom. The molecule has 0 aliphatic carbocycles. The first-order valence-corrected chi connectivity index (χ1v) is 6.51. The van der Waals surface area contributed by atoms with E-state index in [-0.39, 0.29) is 6.42 Å². The number of fused-ring (bicyclic) bond motifs is 3. The molecular weight excluding hydrogens is 256 g/mol. The molecule has 0 fully saturated rings. The van der Waals surface area contributed by atoms with E-state index in [0.29, 0.717) is 16.9 Å². The average molecular weight is 272 g/mol.